The highest BCUT2D eigenvalue weighted by Gasteiger charge is 2.30. The molecule has 0 saturated carbocycles. The van der Waals surface area contributed by atoms with Crippen LogP contribution < -0.4 is 19.9 Å². The van der Waals surface area contributed by atoms with Crippen molar-refractivity contribution in [1.29, 1.82) is 0 Å². The fourth-order valence-corrected chi connectivity index (χ4v) is 2.82. The SMILES string of the molecule is COc1cc(CN2CCC(O)(CN)CC2)cc(OC)c1OC. The number of aliphatic hydroxyl groups is 1. The minimum absolute atomic E-state index is 0.324. The van der Waals surface area contributed by atoms with Crippen molar-refractivity contribution in [2.24, 2.45) is 5.73 Å². The van der Waals surface area contributed by atoms with Crippen LogP contribution in [0.3, 0.4) is 0 Å². The fraction of sp³-hybridized carbons (Fsp3) is 0.625. The van der Waals surface area contributed by atoms with Crippen LogP contribution >= 0.6 is 0 Å². The van der Waals surface area contributed by atoms with Crippen LogP contribution in [-0.4, -0.2) is 56.6 Å². The molecule has 1 aromatic rings. The van der Waals surface area contributed by atoms with Crippen molar-refractivity contribution >= 4 is 0 Å². The van der Waals surface area contributed by atoms with Gasteiger partial charge in [0, 0.05) is 26.2 Å². The monoisotopic (exact) mass is 310 g/mol. The zero-order valence-corrected chi connectivity index (χ0v) is 13.6. The number of rotatable bonds is 6. The zero-order chi connectivity index (χ0) is 16.2. The van der Waals surface area contributed by atoms with E-state index in [9.17, 15) is 5.11 Å². The average Bonchev–Trinajstić information content (AvgIpc) is 2.56. The molecule has 124 valence electrons. The lowest BCUT2D eigenvalue weighted by Crippen LogP contribution is -2.48. The van der Waals surface area contributed by atoms with Gasteiger partial charge in [-0.2, -0.15) is 0 Å². The van der Waals surface area contributed by atoms with Gasteiger partial charge in [-0.3, -0.25) is 4.90 Å². The first kappa shape index (κ1) is 16.9. The minimum Gasteiger partial charge on any atom is -0.493 e. The molecule has 0 radical (unpaired) electrons. The third-order valence-electron chi connectivity index (χ3n) is 4.30. The number of methoxy groups -OCH3 is 3. The van der Waals surface area contributed by atoms with E-state index in [4.69, 9.17) is 19.9 Å². The molecule has 1 aliphatic rings. The van der Waals surface area contributed by atoms with Crippen LogP contribution in [0.5, 0.6) is 17.2 Å². The summed E-state index contributed by atoms with van der Waals surface area (Å²) in [7, 11) is 4.82. The van der Waals surface area contributed by atoms with Crippen LogP contribution in [0.1, 0.15) is 18.4 Å². The van der Waals surface area contributed by atoms with E-state index in [0.29, 0.717) is 36.6 Å². The first-order valence-electron chi connectivity index (χ1n) is 7.49. The van der Waals surface area contributed by atoms with Crippen LogP contribution in [0.4, 0.5) is 0 Å². The Hall–Kier alpha value is -1.50. The maximum atomic E-state index is 10.2. The van der Waals surface area contributed by atoms with Crippen molar-refractivity contribution in [1.82, 2.24) is 4.90 Å². The maximum Gasteiger partial charge on any atom is 0.203 e. The van der Waals surface area contributed by atoms with Gasteiger partial charge in [0.05, 0.1) is 26.9 Å². The number of nitrogens with zero attached hydrogens (tertiary/aromatic N) is 1. The highest BCUT2D eigenvalue weighted by molar-refractivity contribution is 5.53. The number of nitrogens with two attached hydrogens (primary N) is 1. The average molecular weight is 310 g/mol. The molecule has 1 aromatic carbocycles. The lowest BCUT2D eigenvalue weighted by atomic mass is 9.91. The van der Waals surface area contributed by atoms with E-state index in [1.54, 1.807) is 21.3 Å². The Morgan fingerprint density at radius 1 is 1.09 bits per heavy atom. The Balaban J connectivity index is 2.10. The zero-order valence-electron chi connectivity index (χ0n) is 13.6. The quantitative estimate of drug-likeness (QED) is 0.816. The third kappa shape index (κ3) is 3.63. The Kier molecular flexibility index (Phi) is 5.50. The Morgan fingerprint density at radius 3 is 2.05 bits per heavy atom. The minimum atomic E-state index is -0.703. The molecule has 0 bridgehead atoms. The lowest BCUT2D eigenvalue weighted by Gasteiger charge is -2.37. The van der Waals surface area contributed by atoms with Crippen molar-refractivity contribution in [3.8, 4) is 17.2 Å². The molecule has 1 aliphatic heterocycles. The third-order valence-corrected chi connectivity index (χ3v) is 4.30. The second-order valence-electron chi connectivity index (χ2n) is 5.74. The molecule has 2 rings (SSSR count). The van der Waals surface area contributed by atoms with E-state index in [1.807, 2.05) is 12.1 Å². The predicted molar refractivity (Wildman–Crippen MR) is 84.6 cm³/mol. The van der Waals surface area contributed by atoms with E-state index in [1.165, 1.54) is 0 Å². The molecular weight excluding hydrogens is 284 g/mol. The molecular formula is C16H26N2O4. The first-order valence-corrected chi connectivity index (χ1v) is 7.49. The van der Waals surface area contributed by atoms with E-state index in [-0.39, 0.29) is 0 Å². The van der Waals surface area contributed by atoms with Gasteiger partial charge in [0.25, 0.3) is 0 Å². The lowest BCUT2D eigenvalue weighted by molar-refractivity contribution is -0.0153. The molecule has 0 amide bonds. The van der Waals surface area contributed by atoms with Gasteiger partial charge in [0.1, 0.15) is 0 Å². The predicted octanol–water partition coefficient (Wildman–Crippen LogP) is 0.998. The van der Waals surface area contributed by atoms with Gasteiger partial charge in [-0.25, -0.2) is 0 Å². The van der Waals surface area contributed by atoms with Crippen molar-refractivity contribution in [3.63, 3.8) is 0 Å². The molecule has 22 heavy (non-hydrogen) atoms. The molecule has 0 aliphatic carbocycles. The van der Waals surface area contributed by atoms with Crippen LogP contribution in [0.2, 0.25) is 0 Å². The highest BCUT2D eigenvalue weighted by Crippen LogP contribution is 2.38. The summed E-state index contributed by atoms with van der Waals surface area (Å²) in [6.45, 7) is 2.75. The fourth-order valence-electron chi connectivity index (χ4n) is 2.82. The van der Waals surface area contributed by atoms with Gasteiger partial charge in [0.15, 0.2) is 11.5 Å². The number of hydrogen-bond donors (Lipinski definition) is 2. The van der Waals surface area contributed by atoms with Crippen molar-refractivity contribution < 1.29 is 19.3 Å². The Morgan fingerprint density at radius 2 is 1.64 bits per heavy atom. The first-order chi connectivity index (χ1) is 10.5. The number of likely N-dealkylation sites (tertiary alicyclic amines) is 1. The summed E-state index contributed by atoms with van der Waals surface area (Å²) in [4.78, 5) is 2.30. The van der Waals surface area contributed by atoms with Gasteiger partial charge in [-0.15, -0.1) is 0 Å². The Labute approximate surface area is 131 Å². The molecule has 6 nitrogen and oxygen atoms in total. The summed E-state index contributed by atoms with van der Waals surface area (Å²) in [5.41, 5.74) is 6.02. The summed E-state index contributed by atoms with van der Waals surface area (Å²) in [5.74, 6) is 1.92. The smallest absolute Gasteiger partial charge is 0.203 e. The summed E-state index contributed by atoms with van der Waals surface area (Å²) in [6.07, 6.45) is 1.40. The molecule has 1 heterocycles. The van der Waals surface area contributed by atoms with Gasteiger partial charge in [0.2, 0.25) is 5.75 Å². The number of ether oxygens (including phenoxy) is 3. The summed E-state index contributed by atoms with van der Waals surface area (Å²) in [6, 6.07) is 3.93. The molecule has 0 aromatic heterocycles. The number of hydrogen-bond acceptors (Lipinski definition) is 6. The topological polar surface area (TPSA) is 77.2 Å². The molecule has 0 unspecified atom stereocenters. The number of benzene rings is 1. The van der Waals surface area contributed by atoms with Gasteiger partial charge >= 0.3 is 0 Å². The second-order valence-corrected chi connectivity index (χ2v) is 5.74. The van der Waals surface area contributed by atoms with Gasteiger partial charge in [-0.1, -0.05) is 0 Å². The molecule has 6 heteroatoms. The van der Waals surface area contributed by atoms with E-state index < -0.39 is 5.60 Å². The molecule has 1 fully saturated rings. The number of piperidine rings is 1. The maximum absolute atomic E-state index is 10.2. The van der Waals surface area contributed by atoms with E-state index in [0.717, 1.165) is 25.2 Å². The van der Waals surface area contributed by atoms with Crippen molar-refractivity contribution in [2.75, 3.05) is 41.0 Å². The molecule has 0 atom stereocenters. The van der Waals surface area contributed by atoms with Gasteiger partial charge < -0.3 is 25.1 Å². The summed E-state index contributed by atoms with van der Waals surface area (Å²) < 4.78 is 16.1. The van der Waals surface area contributed by atoms with Crippen LogP contribution in [0.15, 0.2) is 12.1 Å². The summed E-state index contributed by atoms with van der Waals surface area (Å²) >= 11 is 0. The van der Waals surface area contributed by atoms with Crippen LogP contribution in [0, 0.1) is 0 Å². The largest absolute Gasteiger partial charge is 0.493 e. The van der Waals surface area contributed by atoms with Gasteiger partial charge in [-0.05, 0) is 30.5 Å². The standard InChI is InChI=1S/C16H26N2O4/c1-20-13-8-12(9-14(21-2)15(13)22-3)10-18-6-4-16(19,11-17)5-7-18/h8-9,19H,4-7,10-11,17H2,1-3H3. The van der Waals surface area contributed by atoms with Crippen molar-refractivity contribution in [3.05, 3.63) is 17.7 Å². The normalized spacial score (nSPS) is 18.0. The van der Waals surface area contributed by atoms with E-state index in [2.05, 4.69) is 4.90 Å². The molecule has 0 spiro atoms. The van der Waals surface area contributed by atoms with Crippen molar-refractivity contribution in [2.45, 2.75) is 25.0 Å². The highest BCUT2D eigenvalue weighted by atomic mass is 16.5. The van der Waals surface area contributed by atoms with Crippen LogP contribution in [-0.2, 0) is 6.54 Å². The molecule has 1 saturated heterocycles. The summed E-state index contributed by atoms with van der Waals surface area (Å²) in [5, 5.41) is 10.2. The second kappa shape index (κ2) is 7.17. The van der Waals surface area contributed by atoms with E-state index >= 15 is 0 Å². The molecule has 3 N–H and O–H groups in total. The Bertz CT molecular complexity index is 474. The van der Waals surface area contributed by atoms with Crippen LogP contribution in [0.25, 0.3) is 0 Å².